The molecule has 0 saturated carbocycles. The van der Waals surface area contributed by atoms with Crippen molar-refractivity contribution in [2.45, 2.75) is 12.6 Å². The molecule has 0 aliphatic rings. The first kappa shape index (κ1) is 13.5. The van der Waals surface area contributed by atoms with E-state index in [1.807, 2.05) is 0 Å². The normalized spacial score (nSPS) is 12.0. The summed E-state index contributed by atoms with van der Waals surface area (Å²) in [5, 5.41) is -0.265. The minimum atomic E-state index is -4.56. The molecule has 0 fully saturated rings. The fourth-order valence-electron chi connectivity index (χ4n) is 1.07. The molecule has 2 N–H and O–H groups in total. The van der Waals surface area contributed by atoms with Crippen molar-refractivity contribution in [3.05, 3.63) is 34.6 Å². The minimum absolute atomic E-state index is 0.0543. The van der Waals surface area contributed by atoms with Gasteiger partial charge in [0.25, 0.3) is 0 Å². The van der Waals surface area contributed by atoms with Gasteiger partial charge in [-0.25, -0.2) is 4.98 Å². The van der Waals surface area contributed by atoms with Crippen molar-refractivity contribution >= 4 is 23.6 Å². The van der Waals surface area contributed by atoms with Crippen molar-refractivity contribution < 1.29 is 18.0 Å². The van der Waals surface area contributed by atoms with Crippen LogP contribution in [-0.2, 0) is 11.0 Å². The Morgan fingerprint density at radius 1 is 1.47 bits per heavy atom. The van der Waals surface area contributed by atoms with Gasteiger partial charge in [0, 0.05) is 6.42 Å². The molecule has 1 aromatic rings. The lowest BCUT2D eigenvalue weighted by Gasteiger charge is -2.06. The van der Waals surface area contributed by atoms with Gasteiger partial charge in [0.1, 0.15) is 10.8 Å². The minimum Gasteiger partial charge on any atom is -0.369 e. The van der Waals surface area contributed by atoms with Crippen LogP contribution in [0.3, 0.4) is 0 Å². The lowest BCUT2D eigenvalue weighted by molar-refractivity contribution is -0.141. The van der Waals surface area contributed by atoms with E-state index in [0.29, 0.717) is 0 Å². The van der Waals surface area contributed by atoms with Crippen LogP contribution >= 0.6 is 11.6 Å². The number of amides is 1. The predicted octanol–water partition coefficient (Wildman–Crippen LogP) is 2.64. The van der Waals surface area contributed by atoms with Crippen LogP contribution in [0.4, 0.5) is 13.2 Å². The molecule has 0 aliphatic heterocycles. The van der Waals surface area contributed by atoms with Gasteiger partial charge in [-0.05, 0) is 17.7 Å². The molecule has 0 atom stereocenters. The van der Waals surface area contributed by atoms with E-state index in [4.69, 9.17) is 17.3 Å². The molecular formula is C10H8ClF3N2O. The van der Waals surface area contributed by atoms with Crippen molar-refractivity contribution in [2.24, 2.45) is 5.73 Å². The summed E-state index contributed by atoms with van der Waals surface area (Å²) in [5.41, 5.74) is 4.00. The number of hydrogen-bond acceptors (Lipinski definition) is 2. The average Bonchev–Trinajstić information content (AvgIpc) is 2.14. The van der Waals surface area contributed by atoms with Crippen molar-refractivity contribution in [3.63, 3.8) is 0 Å². The van der Waals surface area contributed by atoms with Crippen LogP contribution in [0.5, 0.6) is 0 Å². The summed E-state index contributed by atoms with van der Waals surface area (Å²) >= 11 is 5.46. The molecule has 0 aromatic carbocycles. The molecule has 3 nitrogen and oxygen atoms in total. The number of nitrogens with zero attached hydrogens (tertiary/aromatic N) is 1. The number of carbonyl (C=O) groups is 1. The second kappa shape index (κ2) is 5.18. The Bertz CT molecular complexity index is 457. The second-order valence-corrected chi connectivity index (χ2v) is 3.57. The molecule has 1 rings (SSSR count). The van der Waals surface area contributed by atoms with Crippen LogP contribution in [0.1, 0.15) is 17.7 Å². The molecule has 0 spiro atoms. The van der Waals surface area contributed by atoms with Crippen LogP contribution in [-0.4, -0.2) is 10.9 Å². The number of carbonyl (C=O) groups excluding carboxylic acids is 1. The molecule has 0 bridgehead atoms. The zero-order chi connectivity index (χ0) is 13.1. The van der Waals surface area contributed by atoms with E-state index >= 15 is 0 Å². The molecule has 92 valence electrons. The average molecular weight is 265 g/mol. The molecule has 0 aliphatic carbocycles. The first-order chi connectivity index (χ1) is 7.79. The molecule has 0 unspecified atom stereocenters. The lowest BCUT2D eigenvalue weighted by Crippen LogP contribution is -2.08. The zero-order valence-corrected chi connectivity index (χ0v) is 9.22. The number of nitrogens with two attached hydrogens (primary N) is 1. The van der Waals surface area contributed by atoms with Gasteiger partial charge < -0.3 is 5.73 Å². The number of primary amides is 1. The topological polar surface area (TPSA) is 56.0 Å². The van der Waals surface area contributed by atoms with E-state index in [-0.39, 0.29) is 17.1 Å². The van der Waals surface area contributed by atoms with Crippen LogP contribution in [0.2, 0.25) is 5.15 Å². The fraction of sp³-hybridized carbons (Fsp3) is 0.200. The van der Waals surface area contributed by atoms with E-state index in [9.17, 15) is 18.0 Å². The summed E-state index contributed by atoms with van der Waals surface area (Å²) in [4.78, 5) is 13.6. The van der Waals surface area contributed by atoms with Crippen LogP contribution in [0.25, 0.3) is 6.08 Å². The third-order valence-electron chi connectivity index (χ3n) is 1.74. The Hall–Kier alpha value is -1.56. The first-order valence-corrected chi connectivity index (χ1v) is 4.86. The van der Waals surface area contributed by atoms with Gasteiger partial charge in [-0.15, -0.1) is 0 Å². The standard InChI is InChI=1S/C10H8ClF3N2O/c11-8-5-6(2-1-3-9(15)17)4-7(16-8)10(12,13)14/h1-2,4-5H,3H2,(H2,15,17). The van der Waals surface area contributed by atoms with E-state index in [1.54, 1.807) is 0 Å². The fourth-order valence-corrected chi connectivity index (χ4v) is 1.29. The zero-order valence-electron chi connectivity index (χ0n) is 8.46. The second-order valence-electron chi connectivity index (χ2n) is 3.18. The molecule has 17 heavy (non-hydrogen) atoms. The highest BCUT2D eigenvalue weighted by molar-refractivity contribution is 6.29. The van der Waals surface area contributed by atoms with Crippen LogP contribution < -0.4 is 5.73 Å². The maximum Gasteiger partial charge on any atom is 0.433 e. The molecule has 0 radical (unpaired) electrons. The first-order valence-electron chi connectivity index (χ1n) is 4.48. The summed E-state index contributed by atoms with van der Waals surface area (Å²) in [6.45, 7) is 0. The summed E-state index contributed by atoms with van der Waals surface area (Å²) in [7, 11) is 0. The Morgan fingerprint density at radius 3 is 2.65 bits per heavy atom. The molecule has 0 saturated heterocycles. The van der Waals surface area contributed by atoms with E-state index in [0.717, 1.165) is 6.07 Å². The SMILES string of the molecule is NC(=O)CC=Cc1cc(Cl)nc(C(F)(F)F)c1. The lowest BCUT2D eigenvalue weighted by atomic mass is 10.2. The number of rotatable bonds is 3. The maximum atomic E-state index is 12.4. The third kappa shape index (κ3) is 4.44. The Kier molecular flexibility index (Phi) is 4.11. The quantitative estimate of drug-likeness (QED) is 0.853. The van der Waals surface area contributed by atoms with Gasteiger partial charge in [-0.2, -0.15) is 13.2 Å². The third-order valence-corrected chi connectivity index (χ3v) is 1.93. The summed E-state index contributed by atoms with van der Waals surface area (Å²) < 4.78 is 37.1. The highest BCUT2D eigenvalue weighted by Crippen LogP contribution is 2.29. The number of aromatic nitrogens is 1. The highest BCUT2D eigenvalue weighted by Gasteiger charge is 2.32. The highest BCUT2D eigenvalue weighted by atomic mass is 35.5. The van der Waals surface area contributed by atoms with E-state index in [1.165, 1.54) is 18.2 Å². The van der Waals surface area contributed by atoms with Crippen LogP contribution in [0, 0.1) is 0 Å². The van der Waals surface area contributed by atoms with Crippen LogP contribution in [0.15, 0.2) is 18.2 Å². The molecule has 1 aromatic heterocycles. The Labute approximate surface area is 100 Å². The largest absolute Gasteiger partial charge is 0.433 e. The van der Waals surface area contributed by atoms with E-state index < -0.39 is 17.8 Å². The number of hydrogen-bond donors (Lipinski definition) is 1. The summed E-state index contributed by atoms with van der Waals surface area (Å²) in [6, 6.07) is 2.09. The maximum absolute atomic E-state index is 12.4. The smallest absolute Gasteiger partial charge is 0.369 e. The van der Waals surface area contributed by atoms with Gasteiger partial charge in [0.2, 0.25) is 5.91 Å². The van der Waals surface area contributed by atoms with Crippen molar-refractivity contribution in [1.82, 2.24) is 4.98 Å². The van der Waals surface area contributed by atoms with Gasteiger partial charge in [0.05, 0.1) is 0 Å². The molecule has 1 amide bonds. The summed E-state index contributed by atoms with van der Waals surface area (Å²) in [6.07, 6.45) is -1.93. The van der Waals surface area contributed by atoms with Crippen molar-refractivity contribution in [3.8, 4) is 0 Å². The predicted molar refractivity (Wildman–Crippen MR) is 57.1 cm³/mol. The van der Waals surface area contributed by atoms with Gasteiger partial charge >= 0.3 is 6.18 Å². The van der Waals surface area contributed by atoms with Gasteiger partial charge in [0.15, 0.2) is 0 Å². The number of pyridine rings is 1. The Balaban J connectivity index is 2.98. The molecule has 1 heterocycles. The van der Waals surface area contributed by atoms with Gasteiger partial charge in [-0.3, -0.25) is 4.79 Å². The Morgan fingerprint density at radius 2 is 2.12 bits per heavy atom. The number of halogens is 4. The number of alkyl halides is 3. The summed E-state index contributed by atoms with van der Waals surface area (Å²) in [5.74, 6) is -0.572. The molecular weight excluding hydrogens is 257 g/mol. The van der Waals surface area contributed by atoms with Crippen molar-refractivity contribution in [1.29, 1.82) is 0 Å². The van der Waals surface area contributed by atoms with E-state index in [2.05, 4.69) is 4.98 Å². The monoisotopic (exact) mass is 264 g/mol. The van der Waals surface area contributed by atoms with Crippen molar-refractivity contribution in [2.75, 3.05) is 0 Å². The molecule has 7 heteroatoms. The van der Waals surface area contributed by atoms with Gasteiger partial charge in [-0.1, -0.05) is 23.8 Å².